The number of carbonyl (C=O) groups excluding carboxylic acids is 1. The summed E-state index contributed by atoms with van der Waals surface area (Å²) in [6.07, 6.45) is -0.0807. The van der Waals surface area contributed by atoms with E-state index >= 15 is 0 Å². The fourth-order valence-electron chi connectivity index (χ4n) is 2.94. The van der Waals surface area contributed by atoms with E-state index in [4.69, 9.17) is 0 Å². The lowest BCUT2D eigenvalue weighted by Crippen LogP contribution is -2.58. The van der Waals surface area contributed by atoms with E-state index in [1.807, 2.05) is 13.8 Å². The van der Waals surface area contributed by atoms with Crippen molar-refractivity contribution in [3.05, 3.63) is 0 Å². The summed E-state index contributed by atoms with van der Waals surface area (Å²) in [5, 5.41) is 3.23. The summed E-state index contributed by atoms with van der Waals surface area (Å²) < 4.78 is 26.3. The Bertz CT molecular complexity index is 299. The second-order valence-electron chi connectivity index (χ2n) is 5.40. The number of alkyl halides is 2. The van der Waals surface area contributed by atoms with Crippen LogP contribution in [0.4, 0.5) is 8.78 Å². The Balaban J connectivity index is 2.04. The monoisotopic (exact) mass is 246 g/mol. The van der Waals surface area contributed by atoms with Crippen LogP contribution in [0.2, 0.25) is 0 Å². The van der Waals surface area contributed by atoms with Crippen molar-refractivity contribution < 1.29 is 13.6 Å². The van der Waals surface area contributed by atoms with E-state index in [0.717, 1.165) is 13.1 Å². The minimum atomic E-state index is -2.64. The van der Waals surface area contributed by atoms with Crippen LogP contribution in [0.5, 0.6) is 0 Å². The third-order valence-electron chi connectivity index (χ3n) is 3.84. The third-order valence-corrected chi connectivity index (χ3v) is 3.84. The van der Waals surface area contributed by atoms with Crippen molar-refractivity contribution in [1.29, 1.82) is 0 Å². The molecule has 0 bridgehead atoms. The molecule has 2 aliphatic rings. The van der Waals surface area contributed by atoms with Crippen LogP contribution in [0, 0.1) is 5.92 Å². The SMILES string of the molecule is CC1CNCC(C)N1C(=O)C1CCC(F)(F)C1. The third kappa shape index (κ3) is 2.59. The summed E-state index contributed by atoms with van der Waals surface area (Å²) in [5.74, 6) is -3.20. The van der Waals surface area contributed by atoms with Crippen molar-refractivity contribution in [2.75, 3.05) is 13.1 Å². The minimum absolute atomic E-state index is 0.0799. The molecule has 0 aromatic carbocycles. The number of halogens is 2. The molecule has 98 valence electrons. The summed E-state index contributed by atoms with van der Waals surface area (Å²) in [4.78, 5) is 14.1. The Morgan fingerprint density at radius 1 is 1.29 bits per heavy atom. The van der Waals surface area contributed by atoms with Gasteiger partial charge in [-0.05, 0) is 20.3 Å². The van der Waals surface area contributed by atoms with E-state index in [2.05, 4.69) is 5.32 Å². The number of carbonyl (C=O) groups is 1. The van der Waals surface area contributed by atoms with Crippen molar-refractivity contribution in [1.82, 2.24) is 10.2 Å². The zero-order valence-corrected chi connectivity index (χ0v) is 10.4. The Labute approximate surface area is 101 Å². The van der Waals surface area contributed by atoms with Crippen LogP contribution in [0.25, 0.3) is 0 Å². The molecule has 3 unspecified atom stereocenters. The van der Waals surface area contributed by atoms with Crippen molar-refractivity contribution in [3.63, 3.8) is 0 Å². The van der Waals surface area contributed by atoms with Crippen LogP contribution in [-0.4, -0.2) is 41.9 Å². The summed E-state index contributed by atoms with van der Waals surface area (Å²) in [7, 11) is 0. The highest BCUT2D eigenvalue weighted by molar-refractivity contribution is 5.80. The molecule has 1 aliphatic carbocycles. The Kier molecular flexibility index (Phi) is 3.39. The predicted molar refractivity (Wildman–Crippen MR) is 60.9 cm³/mol. The van der Waals surface area contributed by atoms with Gasteiger partial charge in [0.15, 0.2) is 0 Å². The van der Waals surface area contributed by atoms with Gasteiger partial charge in [0.1, 0.15) is 0 Å². The normalized spacial score (nSPS) is 37.2. The molecule has 0 aromatic rings. The molecule has 1 heterocycles. The smallest absolute Gasteiger partial charge is 0.248 e. The van der Waals surface area contributed by atoms with Gasteiger partial charge < -0.3 is 10.2 Å². The van der Waals surface area contributed by atoms with Gasteiger partial charge in [0.05, 0.1) is 0 Å². The molecule has 1 saturated heterocycles. The lowest BCUT2D eigenvalue weighted by Gasteiger charge is -2.40. The molecule has 3 nitrogen and oxygen atoms in total. The first-order chi connectivity index (χ1) is 7.91. The largest absolute Gasteiger partial charge is 0.334 e. The fourth-order valence-corrected chi connectivity index (χ4v) is 2.94. The summed E-state index contributed by atoms with van der Waals surface area (Å²) in [6, 6.07) is 0.195. The molecule has 3 atom stereocenters. The van der Waals surface area contributed by atoms with Gasteiger partial charge in [-0.25, -0.2) is 8.78 Å². The van der Waals surface area contributed by atoms with Gasteiger partial charge in [0.25, 0.3) is 0 Å². The maximum Gasteiger partial charge on any atom is 0.248 e. The molecule has 1 saturated carbocycles. The molecule has 2 rings (SSSR count). The van der Waals surface area contributed by atoms with E-state index in [1.54, 1.807) is 4.90 Å². The molecule has 0 radical (unpaired) electrons. The Morgan fingerprint density at radius 3 is 2.35 bits per heavy atom. The highest BCUT2D eigenvalue weighted by atomic mass is 19.3. The predicted octanol–water partition coefficient (Wildman–Crippen LogP) is 1.63. The zero-order chi connectivity index (χ0) is 12.6. The Hall–Kier alpha value is -0.710. The molecule has 17 heavy (non-hydrogen) atoms. The first-order valence-electron chi connectivity index (χ1n) is 6.31. The topological polar surface area (TPSA) is 32.3 Å². The highest BCUT2D eigenvalue weighted by Crippen LogP contribution is 2.40. The lowest BCUT2D eigenvalue weighted by molar-refractivity contribution is -0.141. The first kappa shape index (κ1) is 12.7. The summed E-state index contributed by atoms with van der Waals surface area (Å²) in [5.41, 5.74) is 0. The number of nitrogens with one attached hydrogen (secondary N) is 1. The summed E-state index contributed by atoms with van der Waals surface area (Å²) in [6.45, 7) is 5.43. The molecule has 1 N–H and O–H groups in total. The number of amides is 1. The number of hydrogen-bond donors (Lipinski definition) is 1. The van der Waals surface area contributed by atoms with Crippen LogP contribution in [0.1, 0.15) is 33.1 Å². The molecule has 5 heteroatoms. The van der Waals surface area contributed by atoms with Crippen LogP contribution < -0.4 is 5.32 Å². The maximum absolute atomic E-state index is 13.1. The molecule has 0 spiro atoms. The average molecular weight is 246 g/mol. The van der Waals surface area contributed by atoms with E-state index in [0.29, 0.717) is 6.42 Å². The number of rotatable bonds is 1. The van der Waals surface area contributed by atoms with Crippen molar-refractivity contribution >= 4 is 5.91 Å². The van der Waals surface area contributed by atoms with E-state index in [-0.39, 0.29) is 30.8 Å². The second-order valence-corrected chi connectivity index (χ2v) is 5.40. The quantitative estimate of drug-likeness (QED) is 0.762. The van der Waals surface area contributed by atoms with Crippen molar-refractivity contribution in [2.24, 2.45) is 5.92 Å². The van der Waals surface area contributed by atoms with Crippen molar-refractivity contribution in [3.8, 4) is 0 Å². The van der Waals surface area contributed by atoms with E-state index in [9.17, 15) is 13.6 Å². The van der Waals surface area contributed by atoms with E-state index in [1.165, 1.54) is 0 Å². The minimum Gasteiger partial charge on any atom is -0.334 e. The van der Waals surface area contributed by atoms with E-state index < -0.39 is 11.8 Å². The van der Waals surface area contributed by atoms with Crippen molar-refractivity contribution in [2.45, 2.75) is 51.1 Å². The van der Waals surface area contributed by atoms with Gasteiger partial charge in [0.2, 0.25) is 11.8 Å². The van der Waals surface area contributed by atoms with Gasteiger partial charge in [-0.3, -0.25) is 4.79 Å². The molecular weight excluding hydrogens is 226 g/mol. The highest BCUT2D eigenvalue weighted by Gasteiger charge is 2.45. The summed E-state index contributed by atoms with van der Waals surface area (Å²) >= 11 is 0. The number of piperazine rings is 1. The average Bonchev–Trinajstić information content (AvgIpc) is 2.58. The van der Waals surface area contributed by atoms with Gasteiger partial charge in [-0.2, -0.15) is 0 Å². The molecule has 2 fully saturated rings. The van der Waals surface area contributed by atoms with Gasteiger partial charge in [-0.1, -0.05) is 0 Å². The van der Waals surface area contributed by atoms with Crippen LogP contribution in [0.3, 0.4) is 0 Å². The van der Waals surface area contributed by atoms with Crippen LogP contribution in [-0.2, 0) is 4.79 Å². The van der Waals surface area contributed by atoms with Gasteiger partial charge in [0, 0.05) is 43.9 Å². The Morgan fingerprint density at radius 2 is 1.88 bits per heavy atom. The first-order valence-corrected chi connectivity index (χ1v) is 6.31. The second kappa shape index (κ2) is 4.52. The molecule has 0 aromatic heterocycles. The standard InChI is InChI=1S/C12H20F2N2O/c1-8-6-15-7-9(2)16(8)11(17)10-3-4-12(13,14)5-10/h8-10,15H,3-7H2,1-2H3. The molecule has 1 amide bonds. The van der Waals surface area contributed by atoms with Crippen LogP contribution >= 0.6 is 0 Å². The maximum atomic E-state index is 13.1. The number of nitrogens with zero attached hydrogens (tertiary/aromatic N) is 1. The number of hydrogen-bond acceptors (Lipinski definition) is 2. The van der Waals surface area contributed by atoms with Crippen LogP contribution in [0.15, 0.2) is 0 Å². The molecular formula is C12H20F2N2O. The molecule has 1 aliphatic heterocycles. The van der Waals surface area contributed by atoms with Gasteiger partial charge in [-0.15, -0.1) is 0 Å². The lowest BCUT2D eigenvalue weighted by atomic mass is 10.0. The fraction of sp³-hybridized carbons (Fsp3) is 0.917. The zero-order valence-electron chi connectivity index (χ0n) is 10.4. The van der Waals surface area contributed by atoms with Gasteiger partial charge >= 0.3 is 0 Å².